The molecule has 0 bridgehead atoms. The van der Waals surface area contributed by atoms with Gasteiger partial charge in [-0.15, -0.1) is 0 Å². The van der Waals surface area contributed by atoms with Crippen molar-refractivity contribution in [2.75, 3.05) is 13.7 Å². The molecule has 0 amide bonds. The summed E-state index contributed by atoms with van der Waals surface area (Å²) >= 11 is 3.34. The van der Waals surface area contributed by atoms with Gasteiger partial charge >= 0.3 is 5.97 Å². The van der Waals surface area contributed by atoms with Gasteiger partial charge in [0.2, 0.25) is 0 Å². The zero-order valence-electron chi connectivity index (χ0n) is 9.77. The molecule has 4 nitrogen and oxygen atoms in total. The minimum absolute atomic E-state index is 0.224. The predicted molar refractivity (Wildman–Crippen MR) is 67.0 cm³/mol. The third-order valence-electron chi connectivity index (χ3n) is 2.20. The van der Waals surface area contributed by atoms with E-state index in [-0.39, 0.29) is 13.0 Å². The molecule has 1 rings (SSSR count). The van der Waals surface area contributed by atoms with E-state index in [0.29, 0.717) is 5.75 Å². The first-order chi connectivity index (χ1) is 8.08. The Hall–Kier alpha value is -1.07. The Balaban J connectivity index is 2.68. The topological polar surface area (TPSA) is 55.8 Å². The summed E-state index contributed by atoms with van der Waals surface area (Å²) in [5.74, 6) is 0.110. The number of halogens is 1. The number of aliphatic hydroxyl groups is 1. The van der Waals surface area contributed by atoms with Crippen molar-refractivity contribution in [3.05, 3.63) is 28.2 Å². The van der Waals surface area contributed by atoms with Crippen LogP contribution in [-0.2, 0) is 16.0 Å². The average Bonchev–Trinajstić information content (AvgIpc) is 2.29. The maximum atomic E-state index is 11.2. The fraction of sp³-hybridized carbons (Fsp3) is 0.417. The van der Waals surface area contributed by atoms with Crippen LogP contribution in [0.3, 0.4) is 0 Å². The maximum absolute atomic E-state index is 11.2. The van der Waals surface area contributed by atoms with E-state index in [9.17, 15) is 9.90 Å². The minimum Gasteiger partial charge on any atom is -0.496 e. The second kappa shape index (κ2) is 6.61. The lowest BCUT2D eigenvalue weighted by Gasteiger charge is -2.10. The highest BCUT2D eigenvalue weighted by molar-refractivity contribution is 9.10. The van der Waals surface area contributed by atoms with Gasteiger partial charge in [0, 0.05) is 6.42 Å². The van der Waals surface area contributed by atoms with Crippen LogP contribution < -0.4 is 4.74 Å². The third kappa shape index (κ3) is 4.02. The van der Waals surface area contributed by atoms with Crippen LogP contribution in [0, 0.1) is 0 Å². The lowest BCUT2D eigenvalue weighted by atomic mass is 10.1. The van der Waals surface area contributed by atoms with Crippen LogP contribution in [0.2, 0.25) is 0 Å². The molecule has 1 N–H and O–H groups in total. The number of carbonyl (C=O) groups excluding carboxylic acids is 1. The van der Waals surface area contributed by atoms with Crippen LogP contribution in [0.25, 0.3) is 0 Å². The molecule has 0 aliphatic heterocycles. The molecule has 1 aromatic carbocycles. The number of aliphatic hydroxyl groups excluding tert-OH is 1. The van der Waals surface area contributed by atoms with Gasteiger partial charge in [-0.25, -0.2) is 4.79 Å². The third-order valence-corrected chi connectivity index (χ3v) is 2.82. The number of hydrogen-bond donors (Lipinski definition) is 1. The van der Waals surface area contributed by atoms with E-state index < -0.39 is 12.1 Å². The fourth-order valence-electron chi connectivity index (χ4n) is 1.38. The Morgan fingerprint density at radius 1 is 1.53 bits per heavy atom. The van der Waals surface area contributed by atoms with Crippen LogP contribution in [0.15, 0.2) is 22.7 Å². The summed E-state index contributed by atoms with van der Waals surface area (Å²) in [6.07, 6.45) is -0.906. The van der Waals surface area contributed by atoms with E-state index in [0.717, 1.165) is 10.0 Å². The van der Waals surface area contributed by atoms with Crippen molar-refractivity contribution < 1.29 is 19.4 Å². The van der Waals surface area contributed by atoms with Crippen molar-refractivity contribution in [2.24, 2.45) is 0 Å². The molecule has 0 heterocycles. The van der Waals surface area contributed by atoms with E-state index in [2.05, 4.69) is 15.9 Å². The van der Waals surface area contributed by atoms with Gasteiger partial charge in [-0.05, 0) is 40.5 Å². The highest BCUT2D eigenvalue weighted by Crippen LogP contribution is 2.26. The van der Waals surface area contributed by atoms with E-state index in [1.807, 2.05) is 0 Å². The first-order valence-corrected chi connectivity index (χ1v) is 6.05. The summed E-state index contributed by atoms with van der Waals surface area (Å²) < 4.78 is 10.6. The summed E-state index contributed by atoms with van der Waals surface area (Å²) in [5.41, 5.74) is 0.832. The minimum atomic E-state index is -1.13. The highest BCUT2D eigenvalue weighted by atomic mass is 79.9. The molecule has 0 aliphatic carbocycles. The number of rotatable bonds is 5. The van der Waals surface area contributed by atoms with E-state index in [1.54, 1.807) is 32.2 Å². The lowest BCUT2D eigenvalue weighted by molar-refractivity contribution is -0.152. The van der Waals surface area contributed by atoms with Gasteiger partial charge in [0.05, 0.1) is 18.2 Å². The normalized spacial score (nSPS) is 12.0. The Labute approximate surface area is 109 Å². The molecule has 0 saturated carbocycles. The number of ether oxygens (including phenoxy) is 2. The average molecular weight is 303 g/mol. The number of methoxy groups -OCH3 is 1. The molecule has 0 spiro atoms. The molecule has 0 radical (unpaired) electrons. The SMILES string of the molecule is CCOC(=O)C(O)Cc1ccc(OC)c(Br)c1. The molecule has 1 unspecified atom stereocenters. The van der Waals surface area contributed by atoms with Crippen molar-refractivity contribution >= 4 is 21.9 Å². The molecule has 0 aromatic heterocycles. The van der Waals surface area contributed by atoms with Gasteiger partial charge in [0.1, 0.15) is 5.75 Å². The first kappa shape index (κ1) is 14.0. The zero-order valence-corrected chi connectivity index (χ0v) is 11.4. The van der Waals surface area contributed by atoms with E-state index in [1.165, 1.54) is 0 Å². The van der Waals surface area contributed by atoms with Gasteiger partial charge < -0.3 is 14.6 Å². The molecular weight excluding hydrogens is 288 g/mol. The molecule has 94 valence electrons. The lowest BCUT2D eigenvalue weighted by Crippen LogP contribution is -2.25. The summed E-state index contributed by atoms with van der Waals surface area (Å²) in [5, 5.41) is 9.60. The molecule has 1 aromatic rings. The number of esters is 1. The smallest absolute Gasteiger partial charge is 0.335 e. The molecule has 0 aliphatic rings. The molecule has 1 atom stereocenters. The van der Waals surface area contributed by atoms with E-state index in [4.69, 9.17) is 9.47 Å². The number of hydrogen-bond acceptors (Lipinski definition) is 4. The largest absolute Gasteiger partial charge is 0.496 e. The van der Waals surface area contributed by atoms with Crippen molar-refractivity contribution in [1.29, 1.82) is 0 Å². The van der Waals surface area contributed by atoms with Gasteiger partial charge in [-0.3, -0.25) is 0 Å². The molecule has 0 saturated heterocycles. The van der Waals surface area contributed by atoms with Crippen molar-refractivity contribution in [1.82, 2.24) is 0 Å². The van der Waals surface area contributed by atoms with E-state index >= 15 is 0 Å². The van der Waals surface area contributed by atoms with Crippen molar-refractivity contribution in [3.8, 4) is 5.75 Å². The number of benzene rings is 1. The van der Waals surface area contributed by atoms with Crippen molar-refractivity contribution in [2.45, 2.75) is 19.4 Å². The highest BCUT2D eigenvalue weighted by Gasteiger charge is 2.17. The van der Waals surface area contributed by atoms with Gasteiger partial charge in [-0.2, -0.15) is 0 Å². The molecule has 0 fully saturated rings. The van der Waals surface area contributed by atoms with Gasteiger partial charge in [0.15, 0.2) is 6.10 Å². The Bertz CT molecular complexity index is 392. The van der Waals surface area contributed by atoms with Crippen LogP contribution in [0.4, 0.5) is 0 Å². The molecule has 17 heavy (non-hydrogen) atoms. The van der Waals surface area contributed by atoms with Crippen LogP contribution in [0.5, 0.6) is 5.75 Å². The summed E-state index contributed by atoms with van der Waals surface area (Å²) in [6.45, 7) is 1.97. The molecular formula is C12H15BrO4. The predicted octanol–water partition coefficient (Wildman–Crippen LogP) is 1.92. The van der Waals surface area contributed by atoms with Crippen LogP contribution in [-0.4, -0.2) is 30.9 Å². The first-order valence-electron chi connectivity index (χ1n) is 5.25. The zero-order chi connectivity index (χ0) is 12.8. The quantitative estimate of drug-likeness (QED) is 0.845. The van der Waals surface area contributed by atoms with Crippen LogP contribution in [0.1, 0.15) is 12.5 Å². The maximum Gasteiger partial charge on any atom is 0.335 e. The van der Waals surface area contributed by atoms with Crippen molar-refractivity contribution in [3.63, 3.8) is 0 Å². The monoisotopic (exact) mass is 302 g/mol. The summed E-state index contributed by atoms with van der Waals surface area (Å²) in [6, 6.07) is 5.38. The summed E-state index contributed by atoms with van der Waals surface area (Å²) in [4.78, 5) is 11.2. The second-order valence-corrected chi connectivity index (χ2v) is 4.30. The fourth-order valence-corrected chi connectivity index (χ4v) is 1.97. The Kier molecular flexibility index (Phi) is 5.44. The molecule has 5 heteroatoms. The Morgan fingerprint density at radius 3 is 2.76 bits per heavy atom. The second-order valence-electron chi connectivity index (χ2n) is 3.44. The van der Waals surface area contributed by atoms with Gasteiger partial charge in [0.25, 0.3) is 0 Å². The number of carbonyl (C=O) groups is 1. The van der Waals surface area contributed by atoms with Crippen LogP contribution >= 0.6 is 15.9 Å². The standard InChI is InChI=1S/C12H15BrO4/c1-3-17-12(15)10(14)7-8-4-5-11(16-2)9(13)6-8/h4-6,10,14H,3,7H2,1-2H3. The van der Waals surface area contributed by atoms with Gasteiger partial charge in [-0.1, -0.05) is 6.07 Å². The summed E-state index contributed by atoms with van der Waals surface area (Å²) in [7, 11) is 1.58. The Morgan fingerprint density at radius 2 is 2.24 bits per heavy atom.